The number of ether oxygens (including phenoxy) is 2. The van der Waals surface area contributed by atoms with Crippen molar-refractivity contribution in [1.82, 2.24) is 9.97 Å². The summed E-state index contributed by atoms with van der Waals surface area (Å²) in [6.07, 6.45) is 1.53. The number of nitrogens with one attached hydrogen (secondary N) is 1. The number of nitro benzene ring substituents is 1. The molecule has 1 aromatic heterocycles. The van der Waals surface area contributed by atoms with Gasteiger partial charge in [0.1, 0.15) is 11.9 Å². The number of H-pyrrole nitrogens is 1. The molecule has 0 amide bonds. The second-order valence-corrected chi connectivity index (χ2v) is 6.47. The lowest BCUT2D eigenvalue weighted by Gasteiger charge is -2.10. The number of nitriles is 1. The lowest BCUT2D eigenvalue weighted by atomic mass is 10.1. The van der Waals surface area contributed by atoms with Gasteiger partial charge in [-0.1, -0.05) is 0 Å². The average Bonchev–Trinajstić information content (AvgIpc) is 3.09. The quantitative estimate of drug-likeness (QED) is 0.374. The number of allylic oxidation sites excluding steroid dienone is 1. The number of hydrogen-bond acceptors (Lipinski definition) is 6. The fourth-order valence-electron chi connectivity index (χ4n) is 2.99. The lowest BCUT2D eigenvalue weighted by Crippen LogP contribution is -2.01. The Balaban J connectivity index is 2.13. The van der Waals surface area contributed by atoms with Crippen LogP contribution in [0.15, 0.2) is 24.3 Å². The minimum Gasteiger partial charge on any atom is -0.493 e. The summed E-state index contributed by atoms with van der Waals surface area (Å²) in [7, 11) is 1.41. The van der Waals surface area contributed by atoms with Crippen molar-refractivity contribution in [2.75, 3.05) is 13.7 Å². The molecule has 0 fully saturated rings. The van der Waals surface area contributed by atoms with E-state index in [0.29, 0.717) is 11.4 Å². The largest absolute Gasteiger partial charge is 0.493 e. The van der Waals surface area contributed by atoms with Gasteiger partial charge in [-0.25, -0.2) is 4.98 Å². The van der Waals surface area contributed by atoms with E-state index in [1.165, 1.54) is 19.3 Å². The van der Waals surface area contributed by atoms with Crippen molar-refractivity contribution < 1.29 is 14.4 Å². The number of nitrogens with zero attached hydrogens (tertiary/aromatic N) is 3. The third-order valence-electron chi connectivity index (χ3n) is 4.55. The second-order valence-electron chi connectivity index (χ2n) is 6.47. The Bertz CT molecular complexity index is 1130. The summed E-state index contributed by atoms with van der Waals surface area (Å²) in [5.41, 5.74) is 4.23. The van der Waals surface area contributed by atoms with Crippen LogP contribution in [0.3, 0.4) is 0 Å². The van der Waals surface area contributed by atoms with Gasteiger partial charge in [0.2, 0.25) is 5.75 Å². The Morgan fingerprint density at radius 3 is 2.66 bits per heavy atom. The molecule has 0 radical (unpaired) electrons. The molecule has 2 aromatic carbocycles. The van der Waals surface area contributed by atoms with Crippen LogP contribution in [0.1, 0.15) is 29.4 Å². The summed E-state index contributed by atoms with van der Waals surface area (Å²) in [5.74, 6) is 0.675. The van der Waals surface area contributed by atoms with E-state index in [2.05, 4.69) is 16.0 Å². The smallest absolute Gasteiger partial charge is 0.315 e. The van der Waals surface area contributed by atoms with E-state index in [1.54, 1.807) is 13.0 Å². The number of hydrogen-bond donors (Lipinski definition) is 1. The number of aryl methyl sites for hydroxylation is 2. The van der Waals surface area contributed by atoms with Crippen LogP contribution < -0.4 is 9.47 Å². The Morgan fingerprint density at radius 1 is 1.31 bits per heavy atom. The first-order valence-corrected chi connectivity index (χ1v) is 8.96. The molecular weight excluding hydrogens is 372 g/mol. The summed E-state index contributed by atoms with van der Waals surface area (Å²) in [6, 6.07) is 8.97. The third-order valence-corrected chi connectivity index (χ3v) is 4.55. The van der Waals surface area contributed by atoms with Crippen molar-refractivity contribution in [2.45, 2.75) is 20.8 Å². The monoisotopic (exact) mass is 392 g/mol. The predicted octanol–water partition coefficient (Wildman–Crippen LogP) is 4.56. The topological polar surface area (TPSA) is 114 Å². The van der Waals surface area contributed by atoms with Gasteiger partial charge in [-0.05, 0) is 61.7 Å². The van der Waals surface area contributed by atoms with Crippen molar-refractivity contribution in [3.8, 4) is 17.6 Å². The maximum absolute atomic E-state index is 11.5. The number of benzene rings is 2. The molecule has 0 bridgehead atoms. The summed E-state index contributed by atoms with van der Waals surface area (Å²) in [4.78, 5) is 18.6. The average molecular weight is 392 g/mol. The predicted molar refractivity (Wildman–Crippen MR) is 110 cm³/mol. The molecule has 1 heterocycles. The van der Waals surface area contributed by atoms with E-state index in [9.17, 15) is 15.4 Å². The highest BCUT2D eigenvalue weighted by atomic mass is 16.6. The molecule has 29 heavy (non-hydrogen) atoms. The number of aromatic nitrogens is 2. The second kappa shape index (κ2) is 8.02. The Hall–Kier alpha value is -3.86. The van der Waals surface area contributed by atoms with Gasteiger partial charge in [-0.2, -0.15) is 5.26 Å². The zero-order valence-electron chi connectivity index (χ0n) is 16.6. The first kappa shape index (κ1) is 19.9. The van der Waals surface area contributed by atoms with Crippen LogP contribution in [-0.4, -0.2) is 28.6 Å². The molecule has 0 aliphatic rings. The molecule has 0 spiro atoms. The highest BCUT2D eigenvalue weighted by Crippen LogP contribution is 2.39. The van der Waals surface area contributed by atoms with Gasteiger partial charge in [-0.3, -0.25) is 10.1 Å². The molecule has 1 N–H and O–H groups in total. The highest BCUT2D eigenvalue weighted by Gasteiger charge is 2.22. The molecule has 0 aliphatic heterocycles. The number of aromatic amines is 1. The number of fused-ring (bicyclic) bond motifs is 1. The maximum atomic E-state index is 11.5. The van der Waals surface area contributed by atoms with E-state index in [0.717, 1.165) is 22.2 Å². The molecule has 3 aromatic rings. The molecule has 0 aliphatic carbocycles. The molecule has 3 rings (SSSR count). The third kappa shape index (κ3) is 3.89. The minimum absolute atomic E-state index is 0.0605. The van der Waals surface area contributed by atoms with Gasteiger partial charge in [0.25, 0.3) is 0 Å². The summed E-state index contributed by atoms with van der Waals surface area (Å²) in [5, 5.41) is 21.1. The molecule has 8 nitrogen and oxygen atoms in total. The van der Waals surface area contributed by atoms with Gasteiger partial charge in [-0.15, -0.1) is 0 Å². The number of imidazole rings is 1. The van der Waals surface area contributed by atoms with Crippen LogP contribution in [0.25, 0.3) is 22.7 Å². The summed E-state index contributed by atoms with van der Waals surface area (Å²) < 4.78 is 10.6. The van der Waals surface area contributed by atoms with E-state index < -0.39 is 4.92 Å². The summed E-state index contributed by atoms with van der Waals surface area (Å²) >= 11 is 0. The van der Waals surface area contributed by atoms with Crippen molar-refractivity contribution >= 4 is 28.4 Å². The van der Waals surface area contributed by atoms with Crippen molar-refractivity contribution in [3.05, 3.63) is 56.9 Å². The lowest BCUT2D eigenvalue weighted by molar-refractivity contribution is -0.385. The molecule has 0 unspecified atom stereocenters. The number of nitro groups is 1. The van der Waals surface area contributed by atoms with Gasteiger partial charge in [0.15, 0.2) is 5.75 Å². The minimum atomic E-state index is -0.538. The van der Waals surface area contributed by atoms with Crippen LogP contribution in [0.2, 0.25) is 0 Å². The van der Waals surface area contributed by atoms with Crippen LogP contribution in [0.4, 0.5) is 5.69 Å². The van der Waals surface area contributed by atoms with Gasteiger partial charge < -0.3 is 14.5 Å². The molecule has 0 atom stereocenters. The van der Waals surface area contributed by atoms with E-state index in [-0.39, 0.29) is 29.4 Å². The zero-order chi connectivity index (χ0) is 21.1. The van der Waals surface area contributed by atoms with Crippen LogP contribution in [0.5, 0.6) is 11.5 Å². The molecule has 0 saturated carbocycles. The molecule has 8 heteroatoms. The molecule has 0 saturated heterocycles. The van der Waals surface area contributed by atoms with Crippen LogP contribution >= 0.6 is 0 Å². The molecule has 148 valence electrons. The zero-order valence-corrected chi connectivity index (χ0v) is 16.6. The standard InChI is InChI=1S/C21H20N4O4/c1-5-29-20-18(25(26)27)9-14(10-19(20)28-4)8-15(11-22)21-23-16-6-12(2)13(3)7-17(16)24-21/h6-10H,5H2,1-4H3,(H,23,24)/b15-8-. The van der Waals surface area contributed by atoms with Crippen molar-refractivity contribution in [3.63, 3.8) is 0 Å². The number of methoxy groups -OCH3 is 1. The first-order chi connectivity index (χ1) is 13.9. The first-order valence-electron chi connectivity index (χ1n) is 8.96. The fraction of sp³-hybridized carbons (Fsp3) is 0.238. The summed E-state index contributed by atoms with van der Waals surface area (Å²) in [6.45, 7) is 5.99. The maximum Gasteiger partial charge on any atom is 0.315 e. The molecular formula is C21H20N4O4. The van der Waals surface area contributed by atoms with Gasteiger partial charge in [0.05, 0.1) is 35.2 Å². The Kier molecular flexibility index (Phi) is 5.50. The van der Waals surface area contributed by atoms with E-state index in [1.807, 2.05) is 26.0 Å². The SMILES string of the molecule is CCOc1c(OC)cc(/C=C(/C#N)c2nc3cc(C)c(C)cc3[nH]2)cc1[N+](=O)[O-]. The van der Waals surface area contributed by atoms with Gasteiger partial charge >= 0.3 is 5.69 Å². The van der Waals surface area contributed by atoms with Crippen LogP contribution in [0, 0.1) is 35.3 Å². The van der Waals surface area contributed by atoms with Gasteiger partial charge in [0, 0.05) is 6.07 Å². The Morgan fingerprint density at radius 2 is 2.03 bits per heavy atom. The normalized spacial score (nSPS) is 11.3. The van der Waals surface area contributed by atoms with E-state index >= 15 is 0 Å². The van der Waals surface area contributed by atoms with Crippen molar-refractivity contribution in [2.24, 2.45) is 0 Å². The van der Waals surface area contributed by atoms with E-state index in [4.69, 9.17) is 9.47 Å². The Labute approximate surface area is 167 Å². The highest BCUT2D eigenvalue weighted by molar-refractivity contribution is 5.91. The van der Waals surface area contributed by atoms with Crippen LogP contribution in [-0.2, 0) is 0 Å². The number of rotatable bonds is 6. The fourth-order valence-corrected chi connectivity index (χ4v) is 2.99. The van der Waals surface area contributed by atoms with Crippen molar-refractivity contribution in [1.29, 1.82) is 5.26 Å².